The van der Waals surface area contributed by atoms with Gasteiger partial charge in [0.1, 0.15) is 25.8 Å². The lowest BCUT2D eigenvalue weighted by atomic mass is 10.1. The number of ether oxygens (including phenoxy) is 2. The molecular weight excluding hydrogens is 482 g/mol. The van der Waals surface area contributed by atoms with Crippen LogP contribution in [0, 0.1) is 0 Å². The van der Waals surface area contributed by atoms with Gasteiger partial charge >= 0.3 is 0 Å². The molecule has 0 aromatic heterocycles. The van der Waals surface area contributed by atoms with Gasteiger partial charge in [-0.15, -0.1) is 0 Å². The third-order valence-electron chi connectivity index (χ3n) is 5.99. The Bertz CT molecular complexity index is 1140. The summed E-state index contributed by atoms with van der Waals surface area (Å²) >= 11 is 0. The van der Waals surface area contributed by atoms with Gasteiger partial charge in [-0.25, -0.2) is 8.42 Å². The molecule has 1 N–H and O–H groups in total. The van der Waals surface area contributed by atoms with Gasteiger partial charge in [-0.3, -0.25) is 13.9 Å². The van der Waals surface area contributed by atoms with Crippen LogP contribution in [0.15, 0.2) is 48.5 Å². The second-order valence-corrected chi connectivity index (χ2v) is 10.7. The number of nitrogens with one attached hydrogen (secondary N) is 1. The average molecular weight is 518 g/mol. The summed E-state index contributed by atoms with van der Waals surface area (Å²) in [5.74, 6) is 0.0248. The van der Waals surface area contributed by atoms with Crippen LogP contribution in [0.1, 0.15) is 32.8 Å². The molecule has 0 spiro atoms. The van der Waals surface area contributed by atoms with Crippen molar-refractivity contribution in [1.82, 2.24) is 10.2 Å². The smallest absolute Gasteiger partial charge is 0.244 e. The Morgan fingerprint density at radius 3 is 2.39 bits per heavy atom. The van der Waals surface area contributed by atoms with Crippen LogP contribution in [0.3, 0.4) is 0 Å². The van der Waals surface area contributed by atoms with E-state index in [1.807, 2.05) is 37.3 Å². The summed E-state index contributed by atoms with van der Waals surface area (Å²) in [6.07, 6.45) is 1.30. The van der Waals surface area contributed by atoms with E-state index in [-0.39, 0.29) is 18.2 Å². The predicted octanol–water partition coefficient (Wildman–Crippen LogP) is 2.60. The minimum Gasteiger partial charge on any atom is -0.486 e. The molecule has 2 aromatic carbocycles. The number of sulfonamides is 1. The Labute approximate surface area is 213 Å². The Morgan fingerprint density at radius 2 is 1.72 bits per heavy atom. The summed E-state index contributed by atoms with van der Waals surface area (Å²) in [5.41, 5.74) is 1.32. The van der Waals surface area contributed by atoms with E-state index < -0.39 is 28.5 Å². The van der Waals surface area contributed by atoms with Crippen molar-refractivity contribution in [3.05, 3.63) is 54.1 Å². The number of carbonyl (C=O) groups excluding carboxylic acids is 2. The molecule has 0 bridgehead atoms. The lowest BCUT2D eigenvalue weighted by Crippen LogP contribution is -2.52. The topological polar surface area (TPSA) is 105 Å². The fourth-order valence-corrected chi connectivity index (χ4v) is 4.93. The normalized spacial score (nSPS) is 13.5. The third-order valence-corrected chi connectivity index (χ3v) is 7.74. The first-order valence-corrected chi connectivity index (χ1v) is 13.9. The number of anilines is 1. The second kappa shape index (κ2) is 12.6. The molecule has 3 rings (SSSR count). The second-order valence-electron chi connectivity index (χ2n) is 8.52. The van der Waals surface area contributed by atoms with Crippen molar-refractivity contribution in [2.24, 2.45) is 0 Å². The van der Waals surface area contributed by atoms with E-state index in [1.54, 1.807) is 25.1 Å². The predicted molar refractivity (Wildman–Crippen MR) is 139 cm³/mol. The number of fused-ring (bicyclic) bond motifs is 1. The van der Waals surface area contributed by atoms with Crippen molar-refractivity contribution in [2.75, 3.05) is 42.9 Å². The molecule has 2 aromatic rings. The third kappa shape index (κ3) is 6.90. The molecule has 0 fully saturated rings. The highest BCUT2D eigenvalue weighted by molar-refractivity contribution is 7.92. The Balaban J connectivity index is 1.88. The maximum absolute atomic E-state index is 13.6. The minimum atomic E-state index is -3.81. The standard InChI is InChI=1S/C26H35N3O6S/c1-4-14-27-26(31)20(3)28(15-13-21-9-7-6-8-10-21)25(30)19-29(36(32,33)5-2)22-11-12-23-24(18-22)35-17-16-34-23/h6-12,18,20H,4-5,13-17,19H2,1-3H3,(H,27,31)/t20-/m0/s1. The van der Waals surface area contributed by atoms with Gasteiger partial charge in [0.05, 0.1) is 11.4 Å². The number of nitrogens with zero attached hydrogens (tertiary/aromatic N) is 2. The number of hydrogen-bond acceptors (Lipinski definition) is 6. The molecule has 2 amide bonds. The molecule has 0 saturated heterocycles. The van der Waals surface area contributed by atoms with Crippen molar-refractivity contribution >= 4 is 27.5 Å². The van der Waals surface area contributed by atoms with Gasteiger partial charge in [0.15, 0.2) is 11.5 Å². The number of rotatable bonds is 12. The SMILES string of the molecule is CCCNC(=O)[C@H](C)N(CCc1ccccc1)C(=O)CN(c1ccc2c(c1)OCCO2)S(=O)(=O)CC. The van der Waals surface area contributed by atoms with E-state index in [9.17, 15) is 18.0 Å². The zero-order valence-corrected chi connectivity index (χ0v) is 21.9. The summed E-state index contributed by atoms with van der Waals surface area (Å²) in [4.78, 5) is 27.8. The fraction of sp³-hybridized carbons (Fsp3) is 0.462. The van der Waals surface area contributed by atoms with E-state index >= 15 is 0 Å². The van der Waals surface area contributed by atoms with E-state index in [0.717, 1.165) is 16.3 Å². The van der Waals surface area contributed by atoms with E-state index in [1.165, 1.54) is 11.8 Å². The molecule has 36 heavy (non-hydrogen) atoms. The van der Waals surface area contributed by atoms with E-state index in [2.05, 4.69) is 5.32 Å². The summed E-state index contributed by atoms with van der Waals surface area (Å²) in [6.45, 7) is 6.24. The van der Waals surface area contributed by atoms with Gasteiger partial charge in [-0.1, -0.05) is 37.3 Å². The molecule has 1 aliphatic rings. The molecule has 1 heterocycles. The molecule has 0 saturated carbocycles. The van der Waals surface area contributed by atoms with Crippen LogP contribution >= 0.6 is 0 Å². The van der Waals surface area contributed by atoms with Gasteiger partial charge in [-0.05, 0) is 44.4 Å². The number of amides is 2. The highest BCUT2D eigenvalue weighted by Gasteiger charge is 2.31. The molecule has 0 aliphatic carbocycles. The lowest BCUT2D eigenvalue weighted by molar-refractivity contribution is -0.138. The first-order valence-electron chi connectivity index (χ1n) is 12.3. The Hall–Kier alpha value is -3.27. The summed E-state index contributed by atoms with van der Waals surface area (Å²) < 4.78 is 38.3. The van der Waals surface area contributed by atoms with Gasteiger partial charge in [0.2, 0.25) is 21.8 Å². The average Bonchev–Trinajstić information content (AvgIpc) is 2.90. The molecular formula is C26H35N3O6S. The van der Waals surface area contributed by atoms with Crippen molar-refractivity contribution < 1.29 is 27.5 Å². The van der Waals surface area contributed by atoms with Crippen molar-refractivity contribution in [3.63, 3.8) is 0 Å². The number of hydrogen-bond donors (Lipinski definition) is 1. The van der Waals surface area contributed by atoms with Crippen LogP contribution in [-0.4, -0.2) is 69.8 Å². The monoisotopic (exact) mass is 517 g/mol. The molecule has 1 aliphatic heterocycles. The first kappa shape index (κ1) is 27.3. The molecule has 1 atom stereocenters. The molecule has 10 heteroatoms. The van der Waals surface area contributed by atoms with Crippen LogP contribution < -0.4 is 19.1 Å². The first-order chi connectivity index (χ1) is 17.3. The molecule has 9 nitrogen and oxygen atoms in total. The van der Waals surface area contributed by atoms with E-state index in [0.29, 0.717) is 43.4 Å². The quantitative estimate of drug-likeness (QED) is 0.464. The molecule has 0 unspecified atom stereocenters. The van der Waals surface area contributed by atoms with Gasteiger partial charge in [0.25, 0.3) is 0 Å². The Kier molecular flexibility index (Phi) is 9.58. The fourth-order valence-electron chi connectivity index (χ4n) is 3.87. The van der Waals surface area contributed by atoms with Crippen molar-refractivity contribution in [3.8, 4) is 11.5 Å². The van der Waals surface area contributed by atoms with Crippen LogP contribution in [-0.2, 0) is 26.0 Å². The largest absolute Gasteiger partial charge is 0.486 e. The zero-order valence-electron chi connectivity index (χ0n) is 21.1. The summed E-state index contributed by atoms with van der Waals surface area (Å²) in [6, 6.07) is 13.7. The van der Waals surface area contributed by atoms with Gasteiger partial charge in [0, 0.05) is 19.2 Å². The van der Waals surface area contributed by atoms with E-state index in [4.69, 9.17) is 9.47 Å². The van der Waals surface area contributed by atoms with Crippen LogP contribution in [0.25, 0.3) is 0 Å². The van der Waals surface area contributed by atoms with Crippen LogP contribution in [0.5, 0.6) is 11.5 Å². The molecule has 0 radical (unpaired) electrons. The Morgan fingerprint density at radius 1 is 1.03 bits per heavy atom. The highest BCUT2D eigenvalue weighted by Crippen LogP contribution is 2.35. The van der Waals surface area contributed by atoms with Crippen LogP contribution in [0.4, 0.5) is 5.69 Å². The molecule has 196 valence electrons. The van der Waals surface area contributed by atoms with Gasteiger partial charge in [-0.2, -0.15) is 0 Å². The van der Waals surface area contributed by atoms with Crippen molar-refractivity contribution in [2.45, 2.75) is 39.7 Å². The minimum absolute atomic E-state index is 0.189. The number of benzene rings is 2. The van der Waals surface area contributed by atoms with Gasteiger partial charge < -0.3 is 19.7 Å². The lowest BCUT2D eigenvalue weighted by Gasteiger charge is -2.32. The zero-order chi connectivity index (χ0) is 26.1. The summed E-state index contributed by atoms with van der Waals surface area (Å²) in [7, 11) is -3.81. The van der Waals surface area contributed by atoms with Crippen LogP contribution in [0.2, 0.25) is 0 Å². The van der Waals surface area contributed by atoms with Crippen molar-refractivity contribution in [1.29, 1.82) is 0 Å². The maximum atomic E-state index is 13.6. The number of carbonyl (C=O) groups is 2. The highest BCUT2D eigenvalue weighted by atomic mass is 32.2. The maximum Gasteiger partial charge on any atom is 0.244 e. The summed E-state index contributed by atoms with van der Waals surface area (Å²) in [5, 5.41) is 2.83.